The highest BCUT2D eigenvalue weighted by Gasteiger charge is 2.45. The van der Waals surface area contributed by atoms with Crippen molar-refractivity contribution in [3.8, 4) is 33.8 Å². The quantitative estimate of drug-likeness (QED) is 0.153. The first-order valence-corrected chi connectivity index (χ1v) is 20.6. The number of fused-ring (bicyclic) bond motifs is 6. The van der Waals surface area contributed by atoms with Gasteiger partial charge < -0.3 is 19.7 Å². The first-order chi connectivity index (χ1) is 25.5. The summed E-state index contributed by atoms with van der Waals surface area (Å²) >= 11 is 0. The maximum Gasteiger partial charge on any atom is 0.303 e. The van der Waals surface area contributed by atoms with Crippen LogP contribution in [0.4, 0.5) is 11.4 Å². The zero-order valence-electron chi connectivity index (χ0n) is 28.0. The second kappa shape index (κ2) is 13.1. The molecule has 0 bridgehead atoms. The van der Waals surface area contributed by atoms with E-state index in [-0.39, 0.29) is 0 Å². The van der Waals surface area contributed by atoms with Gasteiger partial charge in [0.1, 0.15) is 23.1 Å². The standard InChI is InChI=1S/C44H34N2O4P2/c47-51(41-25-13-9-21-37(41)35-19-7-11-23-39(35)49-51)43(31-15-3-1-4-16-31)45-33-27-29-34(30-28-33)46-44(32-17-5-2-6-18-32)52(48)42-26-14-10-22-38(42)36-20-8-12-24-40(36)50-52/h1-30,43-46H. The molecular weight excluding hydrogens is 682 g/mol. The van der Waals surface area contributed by atoms with Crippen LogP contribution in [0.3, 0.4) is 0 Å². The number of hydrogen-bond acceptors (Lipinski definition) is 6. The van der Waals surface area contributed by atoms with Crippen molar-refractivity contribution in [3.05, 3.63) is 193 Å². The van der Waals surface area contributed by atoms with E-state index in [0.29, 0.717) is 22.1 Å². The van der Waals surface area contributed by atoms with Crippen LogP contribution in [0.2, 0.25) is 0 Å². The monoisotopic (exact) mass is 716 g/mol. The molecule has 0 saturated carbocycles. The lowest BCUT2D eigenvalue weighted by Crippen LogP contribution is -2.26. The molecule has 8 heteroatoms. The van der Waals surface area contributed by atoms with Crippen molar-refractivity contribution in [1.29, 1.82) is 0 Å². The molecule has 0 aliphatic carbocycles. The molecule has 52 heavy (non-hydrogen) atoms. The summed E-state index contributed by atoms with van der Waals surface area (Å²) in [5.74, 6) is -0.158. The molecule has 4 atom stereocenters. The minimum Gasteiger partial charge on any atom is -0.438 e. The molecule has 254 valence electrons. The van der Waals surface area contributed by atoms with Gasteiger partial charge in [-0.2, -0.15) is 0 Å². The van der Waals surface area contributed by atoms with Crippen LogP contribution in [0.25, 0.3) is 22.3 Å². The summed E-state index contributed by atoms with van der Waals surface area (Å²) in [4.78, 5) is 0. The zero-order valence-corrected chi connectivity index (χ0v) is 29.8. The van der Waals surface area contributed by atoms with Crippen molar-refractivity contribution in [2.45, 2.75) is 11.6 Å². The average Bonchev–Trinajstić information content (AvgIpc) is 3.20. The van der Waals surface area contributed by atoms with Crippen LogP contribution >= 0.6 is 14.7 Å². The molecule has 2 aliphatic heterocycles. The van der Waals surface area contributed by atoms with Crippen molar-refractivity contribution in [1.82, 2.24) is 0 Å². The van der Waals surface area contributed by atoms with Gasteiger partial charge in [-0.3, -0.25) is 9.13 Å². The molecular formula is C44H34N2O4P2. The molecule has 0 amide bonds. The van der Waals surface area contributed by atoms with Crippen LogP contribution in [0.1, 0.15) is 22.7 Å². The maximum absolute atomic E-state index is 15.3. The molecule has 0 fully saturated rings. The lowest BCUT2D eigenvalue weighted by Gasteiger charge is -2.35. The largest absolute Gasteiger partial charge is 0.438 e. The van der Waals surface area contributed by atoms with Gasteiger partial charge in [-0.15, -0.1) is 0 Å². The molecule has 0 radical (unpaired) electrons. The van der Waals surface area contributed by atoms with Gasteiger partial charge in [0.2, 0.25) is 0 Å². The van der Waals surface area contributed by atoms with Crippen LogP contribution in [-0.4, -0.2) is 0 Å². The summed E-state index contributed by atoms with van der Waals surface area (Å²) in [6.45, 7) is 0. The van der Waals surface area contributed by atoms with E-state index in [9.17, 15) is 0 Å². The van der Waals surface area contributed by atoms with Gasteiger partial charge in [0.15, 0.2) is 0 Å². The Morgan fingerprint density at radius 1 is 0.365 bits per heavy atom. The summed E-state index contributed by atoms with van der Waals surface area (Å²) in [6.07, 6.45) is 0. The molecule has 7 aromatic rings. The number of nitrogens with one attached hydrogen (secondary N) is 2. The Hall–Kier alpha value is -5.80. The number of para-hydroxylation sites is 2. The summed E-state index contributed by atoms with van der Waals surface area (Å²) in [7, 11) is -7.15. The van der Waals surface area contributed by atoms with E-state index in [2.05, 4.69) is 10.6 Å². The van der Waals surface area contributed by atoms with Gasteiger partial charge >= 0.3 is 14.7 Å². The van der Waals surface area contributed by atoms with Crippen LogP contribution in [-0.2, 0) is 9.13 Å². The Balaban J connectivity index is 1.07. The Morgan fingerprint density at radius 2 is 0.692 bits per heavy atom. The average molecular weight is 717 g/mol. The summed E-state index contributed by atoms with van der Waals surface area (Å²) < 4.78 is 43.8. The highest BCUT2D eigenvalue weighted by Crippen LogP contribution is 2.65. The fourth-order valence-electron chi connectivity index (χ4n) is 7.24. The summed E-state index contributed by atoms with van der Waals surface area (Å²) in [5.41, 5.74) is 6.86. The van der Waals surface area contributed by atoms with Gasteiger partial charge in [0.25, 0.3) is 0 Å². The Kier molecular flexibility index (Phi) is 8.08. The van der Waals surface area contributed by atoms with Crippen LogP contribution in [0.5, 0.6) is 11.5 Å². The molecule has 9 rings (SSSR count). The van der Waals surface area contributed by atoms with E-state index >= 15 is 9.13 Å². The molecule has 6 nitrogen and oxygen atoms in total. The molecule has 0 spiro atoms. The summed E-state index contributed by atoms with van der Waals surface area (Å²) in [6, 6.07) is 58.4. The molecule has 0 saturated heterocycles. The van der Waals surface area contributed by atoms with E-state index in [0.717, 1.165) is 44.8 Å². The molecule has 2 N–H and O–H groups in total. The van der Waals surface area contributed by atoms with Crippen molar-refractivity contribution >= 4 is 36.7 Å². The molecule has 7 aromatic carbocycles. The van der Waals surface area contributed by atoms with Crippen molar-refractivity contribution in [3.63, 3.8) is 0 Å². The SMILES string of the molecule is O=P1(C(Nc2ccc(NC(c3ccccc3)P3(=O)Oc4ccccc4-c4ccccc43)cc2)c2ccccc2)Oc2ccccc2-c2ccccc21. The van der Waals surface area contributed by atoms with E-state index in [1.165, 1.54) is 0 Å². The topological polar surface area (TPSA) is 76.7 Å². The first-order valence-electron chi connectivity index (χ1n) is 17.2. The van der Waals surface area contributed by atoms with Crippen LogP contribution in [0, 0.1) is 0 Å². The first kappa shape index (κ1) is 32.1. The van der Waals surface area contributed by atoms with E-state index in [1.54, 1.807) is 0 Å². The molecule has 2 aliphatic rings. The van der Waals surface area contributed by atoms with Gasteiger partial charge in [-0.05, 0) is 70.8 Å². The van der Waals surface area contributed by atoms with Gasteiger partial charge in [0.05, 0.1) is 10.6 Å². The molecule has 4 unspecified atom stereocenters. The Labute approximate surface area is 303 Å². The van der Waals surface area contributed by atoms with Crippen molar-refractivity contribution in [2.24, 2.45) is 0 Å². The lowest BCUT2D eigenvalue weighted by molar-refractivity contribution is 0.481. The smallest absolute Gasteiger partial charge is 0.303 e. The zero-order chi connectivity index (χ0) is 35.1. The van der Waals surface area contributed by atoms with Crippen molar-refractivity contribution < 1.29 is 18.2 Å². The third-order valence-electron chi connectivity index (χ3n) is 9.70. The number of hydrogen-bond donors (Lipinski definition) is 2. The Morgan fingerprint density at radius 3 is 1.10 bits per heavy atom. The minimum absolute atomic E-state index is 0.600. The van der Waals surface area contributed by atoms with Crippen LogP contribution in [0.15, 0.2) is 182 Å². The number of benzene rings is 7. The second-order valence-electron chi connectivity index (χ2n) is 12.9. The van der Waals surface area contributed by atoms with Gasteiger partial charge in [0, 0.05) is 22.5 Å². The van der Waals surface area contributed by atoms with Gasteiger partial charge in [-0.1, -0.05) is 133 Å². The number of rotatable bonds is 8. The third kappa shape index (κ3) is 5.52. The fourth-order valence-corrected chi connectivity index (χ4v) is 12.5. The normalized spacial score (nSPS) is 19.2. The highest BCUT2D eigenvalue weighted by atomic mass is 31.2. The van der Waals surface area contributed by atoms with E-state index in [4.69, 9.17) is 9.05 Å². The van der Waals surface area contributed by atoms with Crippen molar-refractivity contribution in [2.75, 3.05) is 10.6 Å². The van der Waals surface area contributed by atoms with Gasteiger partial charge in [-0.25, -0.2) is 0 Å². The minimum atomic E-state index is -3.57. The maximum atomic E-state index is 15.3. The number of anilines is 2. The Bertz CT molecular complexity index is 2330. The van der Waals surface area contributed by atoms with E-state index < -0.39 is 26.3 Å². The highest BCUT2D eigenvalue weighted by molar-refractivity contribution is 7.68. The lowest BCUT2D eigenvalue weighted by atomic mass is 10.0. The fraction of sp³-hybridized carbons (Fsp3) is 0.0455. The van der Waals surface area contributed by atoms with Crippen LogP contribution < -0.4 is 30.3 Å². The second-order valence-corrected chi connectivity index (χ2v) is 17.6. The predicted molar refractivity (Wildman–Crippen MR) is 212 cm³/mol. The van der Waals surface area contributed by atoms with E-state index in [1.807, 2.05) is 182 Å². The molecule has 2 heterocycles. The predicted octanol–water partition coefficient (Wildman–Crippen LogP) is 11.2. The molecule has 0 aromatic heterocycles. The summed E-state index contributed by atoms with van der Waals surface area (Å²) in [5, 5.41) is 8.54. The third-order valence-corrected chi connectivity index (χ3v) is 15.0.